The second-order valence-corrected chi connectivity index (χ2v) is 12.3. The Bertz CT molecular complexity index is 671. The molecule has 4 rings (SSSR count). The summed E-state index contributed by atoms with van der Waals surface area (Å²) >= 11 is 0. The molecule has 0 saturated heterocycles. The van der Waals surface area contributed by atoms with Gasteiger partial charge in [-0.15, -0.1) is 0 Å². The summed E-state index contributed by atoms with van der Waals surface area (Å²) in [6, 6.07) is 0.517. The van der Waals surface area contributed by atoms with Gasteiger partial charge >= 0.3 is 5.97 Å². The number of carbonyl (C=O) groups excluding carboxylic acids is 1. The van der Waals surface area contributed by atoms with Crippen molar-refractivity contribution in [3.05, 3.63) is 0 Å². The fourth-order valence-corrected chi connectivity index (χ4v) is 9.40. The van der Waals surface area contributed by atoms with Crippen molar-refractivity contribution in [3.63, 3.8) is 0 Å². The molecule has 0 bridgehead atoms. The average molecular weight is 449 g/mol. The third kappa shape index (κ3) is 4.15. The van der Waals surface area contributed by atoms with Crippen LogP contribution in [0, 0.1) is 46.3 Å². The third-order valence-corrected chi connectivity index (χ3v) is 11.0. The van der Waals surface area contributed by atoms with Gasteiger partial charge in [-0.2, -0.15) is 0 Å². The van der Waals surface area contributed by atoms with Gasteiger partial charge in [0.15, 0.2) is 0 Å². The minimum atomic E-state index is -0.165. The zero-order valence-electron chi connectivity index (χ0n) is 20.9. The Kier molecular flexibility index (Phi) is 7.30. The van der Waals surface area contributed by atoms with Gasteiger partial charge in [-0.05, 0) is 104 Å². The van der Waals surface area contributed by atoms with Crippen molar-refractivity contribution in [1.29, 1.82) is 0 Å². The number of nitrogens with two attached hydrogens (primary N) is 1. The molecule has 4 aliphatic carbocycles. The zero-order chi connectivity index (χ0) is 23.1. The molecule has 0 amide bonds. The highest BCUT2D eigenvalue weighted by Gasteiger charge is 2.62. The molecule has 32 heavy (non-hydrogen) atoms. The number of fused-ring (bicyclic) bond motifs is 5. The maximum absolute atomic E-state index is 11.7. The number of nitrogens with one attached hydrogen (secondary N) is 1. The molecule has 0 spiro atoms. The molecular formula is C27H48N2O3. The molecule has 0 aromatic rings. The molecule has 4 fully saturated rings. The van der Waals surface area contributed by atoms with Crippen molar-refractivity contribution < 1.29 is 14.6 Å². The smallest absolute Gasteiger partial charge is 0.305 e. The Balaban J connectivity index is 1.47. The van der Waals surface area contributed by atoms with E-state index in [-0.39, 0.29) is 17.5 Å². The number of rotatable bonds is 7. The lowest BCUT2D eigenvalue weighted by Crippen LogP contribution is -2.59. The zero-order valence-corrected chi connectivity index (χ0v) is 20.9. The van der Waals surface area contributed by atoms with E-state index in [1.807, 2.05) is 0 Å². The number of methoxy groups -OCH3 is 1. The molecule has 5 heteroatoms. The Morgan fingerprint density at radius 2 is 1.81 bits per heavy atom. The van der Waals surface area contributed by atoms with Gasteiger partial charge in [0.2, 0.25) is 0 Å². The lowest BCUT2D eigenvalue weighted by Gasteiger charge is -2.62. The monoisotopic (exact) mass is 448 g/mol. The van der Waals surface area contributed by atoms with E-state index < -0.39 is 0 Å². The third-order valence-electron chi connectivity index (χ3n) is 11.0. The van der Waals surface area contributed by atoms with E-state index >= 15 is 0 Å². The van der Waals surface area contributed by atoms with Crippen molar-refractivity contribution in [2.45, 2.75) is 97.1 Å². The quantitative estimate of drug-likeness (QED) is 0.510. The lowest BCUT2D eigenvalue weighted by atomic mass is 9.43. The number of aliphatic hydroxyl groups excluding tert-OH is 1. The van der Waals surface area contributed by atoms with Crippen LogP contribution in [0.15, 0.2) is 0 Å². The highest BCUT2D eigenvalue weighted by molar-refractivity contribution is 5.69. The van der Waals surface area contributed by atoms with Crippen LogP contribution in [0.4, 0.5) is 0 Å². The summed E-state index contributed by atoms with van der Waals surface area (Å²) in [7, 11) is 1.49. The van der Waals surface area contributed by atoms with E-state index in [2.05, 4.69) is 26.1 Å². The lowest BCUT2D eigenvalue weighted by molar-refractivity contribution is -0.162. The Labute approximate surface area is 195 Å². The first-order chi connectivity index (χ1) is 15.2. The first-order valence-corrected chi connectivity index (χ1v) is 13.4. The molecule has 0 aromatic carbocycles. The van der Waals surface area contributed by atoms with Crippen LogP contribution in [0.1, 0.15) is 85.0 Å². The summed E-state index contributed by atoms with van der Waals surface area (Å²) in [5, 5.41) is 15.0. The molecule has 4 N–H and O–H groups in total. The van der Waals surface area contributed by atoms with Crippen LogP contribution >= 0.6 is 0 Å². The maximum atomic E-state index is 11.7. The highest BCUT2D eigenvalue weighted by Crippen LogP contribution is 2.68. The summed E-state index contributed by atoms with van der Waals surface area (Å²) in [6.07, 6.45) is 11.1. The first kappa shape index (κ1) is 24.5. The molecule has 0 radical (unpaired) electrons. The normalized spacial score (nSPS) is 46.6. The molecule has 5 nitrogen and oxygen atoms in total. The topological polar surface area (TPSA) is 84.6 Å². The molecule has 0 aromatic heterocycles. The largest absolute Gasteiger partial charge is 0.469 e. The predicted molar refractivity (Wildman–Crippen MR) is 128 cm³/mol. The van der Waals surface area contributed by atoms with Gasteiger partial charge in [0, 0.05) is 25.6 Å². The molecular weight excluding hydrogens is 400 g/mol. The van der Waals surface area contributed by atoms with E-state index in [0.717, 1.165) is 37.6 Å². The van der Waals surface area contributed by atoms with Gasteiger partial charge in [0.1, 0.15) is 0 Å². The molecule has 184 valence electrons. The summed E-state index contributed by atoms with van der Waals surface area (Å²) in [4.78, 5) is 11.7. The average Bonchev–Trinajstić information content (AvgIpc) is 3.13. The Morgan fingerprint density at radius 3 is 2.53 bits per heavy atom. The van der Waals surface area contributed by atoms with Crippen molar-refractivity contribution >= 4 is 5.97 Å². The number of esters is 1. The maximum Gasteiger partial charge on any atom is 0.305 e. The number of hydrogen-bond donors (Lipinski definition) is 3. The van der Waals surface area contributed by atoms with Crippen LogP contribution in [0.2, 0.25) is 0 Å². The summed E-state index contributed by atoms with van der Waals surface area (Å²) in [5.74, 6) is 3.75. The second kappa shape index (κ2) is 9.54. The van der Waals surface area contributed by atoms with Gasteiger partial charge in [-0.3, -0.25) is 4.79 Å². The molecule has 0 heterocycles. The molecule has 3 unspecified atom stereocenters. The van der Waals surface area contributed by atoms with E-state index in [1.54, 1.807) is 0 Å². The summed E-state index contributed by atoms with van der Waals surface area (Å²) in [5.41, 5.74) is 6.36. The van der Waals surface area contributed by atoms with Crippen molar-refractivity contribution in [2.24, 2.45) is 52.1 Å². The fraction of sp³-hybridized carbons (Fsp3) is 0.963. The number of ether oxygens (including phenoxy) is 1. The first-order valence-electron chi connectivity index (χ1n) is 13.4. The highest BCUT2D eigenvalue weighted by atomic mass is 16.5. The van der Waals surface area contributed by atoms with Gasteiger partial charge in [-0.25, -0.2) is 0 Å². The predicted octanol–water partition coefficient (Wildman–Crippen LogP) is 4.12. The van der Waals surface area contributed by atoms with Crippen LogP contribution in [0.3, 0.4) is 0 Å². The molecule has 4 saturated carbocycles. The van der Waals surface area contributed by atoms with Crippen LogP contribution in [0.25, 0.3) is 0 Å². The molecule has 0 aliphatic heterocycles. The van der Waals surface area contributed by atoms with E-state index in [4.69, 9.17) is 10.5 Å². The Hall–Kier alpha value is -0.650. The number of aliphatic hydroxyl groups is 1. The second-order valence-electron chi connectivity index (χ2n) is 12.3. The van der Waals surface area contributed by atoms with E-state index in [9.17, 15) is 9.90 Å². The van der Waals surface area contributed by atoms with Crippen molar-refractivity contribution in [2.75, 3.05) is 20.2 Å². The standard InChI is InChI=1S/C27H48N2O3/c1-17(5-8-25(31)32-4)20-6-7-21-19-16-24(30)23-15-18(29-14-13-28)9-11-27(23,3)22(19)10-12-26(20,21)2/h17-24,29-30H,5-16,28H2,1-4H3/t17-,18+,19?,20-,21?,22?,23+,24-,26-,27-/m1/s1. The van der Waals surface area contributed by atoms with Crippen molar-refractivity contribution in [3.8, 4) is 0 Å². The fourth-order valence-electron chi connectivity index (χ4n) is 9.40. The van der Waals surface area contributed by atoms with E-state index in [0.29, 0.717) is 48.1 Å². The van der Waals surface area contributed by atoms with Gasteiger partial charge < -0.3 is 20.9 Å². The van der Waals surface area contributed by atoms with Crippen molar-refractivity contribution in [1.82, 2.24) is 5.32 Å². The van der Waals surface area contributed by atoms with Gasteiger partial charge in [0.25, 0.3) is 0 Å². The van der Waals surface area contributed by atoms with E-state index in [1.165, 1.54) is 45.6 Å². The van der Waals surface area contributed by atoms with Crippen LogP contribution in [-0.4, -0.2) is 43.4 Å². The van der Waals surface area contributed by atoms with Gasteiger partial charge in [-0.1, -0.05) is 20.8 Å². The van der Waals surface area contributed by atoms with Gasteiger partial charge in [0.05, 0.1) is 13.2 Å². The van der Waals surface area contributed by atoms with Crippen LogP contribution in [0.5, 0.6) is 0 Å². The van der Waals surface area contributed by atoms with Crippen LogP contribution < -0.4 is 11.1 Å². The number of hydrogen-bond acceptors (Lipinski definition) is 5. The molecule has 4 aliphatic rings. The minimum absolute atomic E-state index is 0.0776. The number of carbonyl (C=O) groups is 1. The summed E-state index contributed by atoms with van der Waals surface area (Å²) in [6.45, 7) is 8.99. The molecule has 10 atom stereocenters. The SMILES string of the molecule is COC(=O)CC[C@@H](C)[C@H]1CCC2C3C[C@@H](O)[C@@H]4C[C@@H](NCCN)CC[C@]4(C)C3CC[C@@]21C. The minimum Gasteiger partial charge on any atom is -0.469 e. The Morgan fingerprint density at radius 1 is 1.09 bits per heavy atom. The summed E-state index contributed by atoms with van der Waals surface area (Å²) < 4.78 is 4.89. The van der Waals surface area contributed by atoms with Crippen LogP contribution in [-0.2, 0) is 9.53 Å².